The third-order valence-corrected chi connectivity index (χ3v) is 4.36. The average molecular weight is 305 g/mol. The molecule has 6 nitrogen and oxygen atoms in total. The minimum atomic E-state index is -3.85. The first-order valence-electron chi connectivity index (χ1n) is 6.09. The van der Waals surface area contributed by atoms with Crippen LogP contribution in [0.2, 0.25) is 0 Å². The van der Waals surface area contributed by atoms with Crippen molar-refractivity contribution >= 4 is 27.3 Å². The van der Waals surface area contributed by atoms with E-state index >= 15 is 0 Å². The highest BCUT2D eigenvalue weighted by atomic mass is 32.2. The number of rotatable bonds is 4. The van der Waals surface area contributed by atoms with E-state index in [4.69, 9.17) is 11.5 Å². The first kappa shape index (κ1) is 14.9. The molecule has 2 rings (SSSR count). The first-order chi connectivity index (χ1) is 9.81. The topological polar surface area (TPSA) is 115 Å². The summed E-state index contributed by atoms with van der Waals surface area (Å²) in [6, 6.07) is 10.5. The molecule has 1 amide bonds. The Bertz CT molecular complexity index is 801. The standard InChI is InChI=1S/C14H15N3O3S/c1-9-6-7-10(8-12(9)15)21(19,20)17-13-5-3-2-4-11(13)14(16)18/h2-8,17H,15H2,1H3,(H2,16,18). The lowest BCUT2D eigenvalue weighted by Gasteiger charge is -2.11. The van der Waals surface area contributed by atoms with E-state index in [-0.39, 0.29) is 16.1 Å². The lowest BCUT2D eigenvalue weighted by atomic mass is 10.2. The predicted octanol–water partition coefficient (Wildman–Crippen LogP) is 1.48. The zero-order valence-electron chi connectivity index (χ0n) is 11.3. The number of nitrogens with one attached hydrogen (secondary N) is 1. The Labute approximate surface area is 122 Å². The minimum absolute atomic E-state index is 0.0184. The summed E-state index contributed by atoms with van der Waals surface area (Å²) in [6.45, 7) is 1.78. The summed E-state index contributed by atoms with van der Waals surface area (Å²) in [5.74, 6) is -0.711. The van der Waals surface area contributed by atoms with E-state index in [0.29, 0.717) is 5.69 Å². The Balaban J connectivity index is 2.42. The van der Waals surface area contributed by atoms with Crippen LogP contribution in [-0.2, 0) is 10.0 Å². The summed E-state index contributed by atoms with van der Waals surface area (Å²) < 4.78 is 27.0. The molecule has 0 saturated carbocycles. The Morgan fingerprint density at radius 1 is 1.14 bits per heavy atom. The average Bonchev–Trinajstić information content (AvgIpc) is 2.41. The van der Waals surface area contributed by atoms with Gasteiger partial charge in [0.2, 0.25) is 0 Å². The molecule has 0 heterocycles. The van der Waals surface area contributed by atoms with Gasteiger partial charge in [0.25, 0.3) is 15.9 Å². The molecule has 0 radical (unpaired) electrons. The van der Waals surface area contributed by atoms with Crippen molar-refractivity contribution in [3.05, 3.63) is 53.6 Å². The number of para-hydroxylation sites is 1. The molecule has 5 N–H and O–H groups in total. The molecule has 0 saturated heterocycles. The van der Waals surface area contributed by atoms with Crippen LogP contribution in [0.3, 0.4) is 0 Å². The van der Waals surface area contributed by atoms with Crippen LogP contribution < -0.4 is 16.2 Å². The van der Waals surface area contributed by atoms with Crippen molar-refractivity contribution in [3.63, 3.8) is 0 Å². The minimum Gasteiger partial charge on any atom is -0.398 e. The molecule has 7 heteroatoms. The highest BCUT2D eigenvalue weighted by Gasteiger charge is 2.18. The second kappa shape index (κ2) is 5.45. The van der Waals surface area contributed by atoms with Crippen molar-refractivity contribution in [1.82, 2.24) is 0 Å². The Hall–Kier alpha value is -2.54. The van der Waals surface area contributed by atoms with Gasteiger partial charge in [-0.2, -0.15) is 0 Å². The first-order valence-corrected chi connectivity index (χ1v) is 7.57. The molecule has 21 heavy (non-hydrogen) atoms. The number of aryl methyl sites for hydroxylation is 1. The Morgan fingerprint density at radius 2 is 1.81 bits per heavy atom. The van der Waals surface area contributed by atoms with Crippen LogP contribution in [0.15, 0.2) is 47.4 Å². The summed E-state index contributed by atoms with van der Waals surface area (Å²) in [7, 11) is -3.85. The quantitative estimate of drug-likeness (QED) is 0.742. The number of nitrogens with two attached hydrogens (primary N) is 2. The maximum atomic E-state index is 12.3. The highest BCUT2D eigenvalue weighted by Crippen LogP contribution is 2.22. The number of carbonyl (C=O) groups excluding carboxylic acids is 1. The summed E-state index contributed by atoms with van der Waals surface area (Å²) in [5.41, 5.74) is 12.3. The van der Waals surface area contributed by atoms with E-state index in [1.54, 1.807) is 25.1 Å². The van der Waals surface area contributed by atoms with E-state index in [9.17, 15) is 13.2 Å². The summed E-state index contributed by atoms with van der Waals surface area (Å²) >= 11 is 0. The fourth-order valence-corrected chi connectivity index (χ4v) is 2.89. The van der Waals surface area contributed by atoms with Gasteiger partial charge in [-0.15, -0.1) is 0 Å². The van der Waals surface area contributed by atoms with Crippen molar-refractivity contribution in [1.29, 1.82) is 0 Å². The molecule has 0 aromatic heterocycles. The van der Waals surface area contributed by atoms with Crippen LogP contribution in [0, 0.1) is 6.92 Å². The fraction of sp³-hybridized carbons (Fsp3) is 0.0714. The molecular weight excluding hydrogens is 290 g/mol. The van der Waals surface area contributed by atoms with Crippen LogP contribution in [0.5, 0.6) is 0 Å². The molecular formula is C14H15N3O3S. The predicted molar refractivity (Wildman–Crippen MR) is 81.4 cm³/mol. The zero-order valence-corrected chi connectivity index (χ0v) is 12.1. The van der Waals surface area contributed by atoms with Gasteiger partial charge < -0.3 is 11.5 Å². The van der Waals surface area contributed by atoms with Crippen molar-refractivity contribution in [2.24, 2.45) is 5.73 Å². The molecule has 0 unspecified atom stereocenters. The maximum Gasteiger partial charge on any atom is 0.261 e. The largest absolute Gasteiger partial charge is 0.398 e. The van der Waals surface area contributed by atoms with Gasteiger partial charge in [-0.25, -0.2) is 8.42 Å². The number of sulfonamides is 1. The van der Waals surface area contributed by atoms with Gasteiger partial charge in [0, 0.05) is 5.69 Å². The second-order valence-corrected chi connectivity index (χ2v) is 6.22. The van der Waals surface area contributed by atoms with Crippen LogP contribution >= 0.6 is 0 Å². The SMILES string of the molecule is Cc1ccc(S(=O)(=O)Nc2ccccc2C(N)=O)cc1N. The van der Waals surface area contributed by atoms with Gasteiger partial charge in [0.1, 0.15) is 0 Å². The number of nitrogen functional groups attached to an aromatic ring is 1. The van der Waals surface area contributed by atoms with E-state index < -0.39 is 15.9 Å². The van der Waals surface area contributed by atoms with Gasteiger partial charge in [-0.05, 0) is 36.8 Å². The lowest BCUT2D eigenvalue weighted by Crippen LogP contribution is -2.18. The molecule has 2 aromatic carbocycles. The fourth-order valence-electron chi connectivity index (χ4n) is 1.78. The molecule has 110 valence electrons. The Kier molecular flexibility index (Phi) is 3.86. The Morgan fingerprint density at radius 3 is 2.43 bits per heavy atom. The van der Waals surface area contributed by atoms with Crippen molar-refractivity contribution in [2.75, 3.05) is 10.5 Å². The number of primary amides is 1. The summed E-state index contributed by atoms with van der Waals surface area (Å²) in [5, 5.41) is 0. The van der Waals surface area contributed by atoms with Crippen LogP contribution in [-0.4, -0.2) is 14.3 Å². The molecule has 2 aromatic rings. The number of carbonyl (C=O) groups is 1. The van der Waals surface area contributed by atoms with E-state index in [2.05, 4.69) is 4.72 Å². The van der Waals surface area contributed by atoms with Crippen LogP contribution in [0.4, 0.5) is 11.4 Å². The maximum absolute atomic E-state index is 12.3. The van der Waals surface area contributed by atoms with Crippen molar-refractivity contribution in [2.45, 2.75) is 11.8 Å². The monoisotopic (exact) mass is 305 g/mol. The second-order valence-electron chi connectivity index (χ2n) is 4.53. The van der Waals surface area contributed by atoms with Crippen LogP contribution in [0.25, 0.3) is 0 Å². The molecule has 0 spiro atoms. The van der Waals surface area contributed by atoms with E-state index in [1.165, 1.54) is 24.3 Å². The smallest absolute Gasteiger partial charge is 0.261 e. The third kappa shape index (κ3) is 3.14. The van der Waals surface area contributed by atoms with Crippen molar-refractivity contribution < 1.29 is 13.2 Å². The lowest BCUT2D eigenvalue weighted by molar-refractivity contribution is 0.100. The van der Waals surface area contributed by atoms with Gasteiger partial charge in [-0.3, -0.25) is 9.52 Å². The van der Waals surface area contributed by atoms with Gasteiger partial charge in [0.05, 0.1) is 16.1 Å². The molecule has 0 aliphatic carbocycles. The van der Waals surface area contributed by atoms with Gasteiger partial charge >= 0.3 is 0 Å². The molecule has 0 aliphatic heterocycles. The summed E-state index contributed by atoms with van der Waals surface area (Å²) in [4.78, 5) is 11.3. The molecule has 0 atom stereocenters. The molecule has 0 bridgehead atoms. The third-order valence-electron chi connectivity index (χ3n) is 3.00. The highest BCUT2D eigenvalue weighted by molar-refractivity contribution is 7.92. The molecule has 0 fully saturated rings. The van der Waals surface area contributed by atoms with Gasteiger partial charge in [-0.1, -0.05) is 18.2 Å². The number of hydrogen-bond donors (Lipinski definition) is 3. The van der Waals surface area contributed by atoms with E-state index in [0.717, 1.165) is 5.56 Å². The number of benzene rings is 2. The van der Waals surface area contributed by atoms with Crippen molar-refractivity contribution in [3.8, 4) is 0 Å². The number of amides is 1. The number of anilines is 2. The van der Waals surface area contributed by atoms with Gasteiger partial charge in [0.15, 0.2) is 0 Å². The normalized spacial score (nSPS) is 11.1. The summed E-state index contributed by atoms with van der Waals surface area (Å²) in [6.07, 6.45) is 0. The van der Waals surface area contributed by atoms with E-state index in [1.807, 2.05) is 0 Å². The number of hydrogen-bond acceptors (Lipinski definition) is 4. The zero-order chi connectivity index (χ0) is 15.6. The molecule has 0 aliphatic rings. The van der Waals surface area contributed by atoms with Crippen LogP contribution in [0.1, 0.15) is 15.9 Å².